The van der Waals surface area contributed by atoms with Crippen LogP contribution in [0.15, 0.2) is 35.2 Å². The molecule has 2 aliphatic rings. The highest BCUT2D eigenvalue weighted by Gasteiger charge is 2.33. The van der Waals surface area contributed by atoms with Gasteiger partial charge in [0.25, 0.3) is 5.92 Å². The molecule has 7 nitrogen and oxygen atoms in total. The molecule has 33 heavy (non-hydrogen) atoms. The molecule has 0 amide bonds. The Labute approximate surface area is 190 Å². The summed E-state index contributed by atoms with van der Waals surface area (Å²) in [5, 5.41) is 10.6. The van der Waals surface area contributed by atoms with E-state index in [0.717, 1.165) is 54.5 Å². The Morgan fingerprint density at radius 3 is 2.73 bits per heavy atom. The van der Waals surface area contributed by atoms with Crippen LogP contribution in [0.4, 0.5) is 14.7 Å². The smallest absolute Gasteiger partial charge is 0.274 e. The summed E-state index contributed by atoms with van der Waals surface area (Å²) in [6.45, 7) is 5.66. The van der Waals surface area contributed by atoms with Crippen molar-refractivity contribution in [2.45, 2.75) is 58.0 Å². The second kappa shape index (κ2) is 8.30. The Kier molecular flexibility index (Phi) is 5.44. The van der Waals surface area contributed by atoms with Crippen LogP contribution < -0.4 is 10.6 Å². The molecule has 0 spiro atoms. The molecule has 0 bridgehead atoms. The van der Waals surface area contributed by atoms with Gasteiger partial charge in [-0.3, -0.25) is 4.98 Å². The number of aromatic nitrogens is 4. The number of nitrogens with zero attached hydrogens (tertiary/aromatic N) is 4. The van der Waals surface area contributed by atoms with Crippen molar-refractivity contribution in [2.75, 3.05) is 11.9 Å². The normalized spacial score (nSPS) is 20.5. The standard InChI is InChI=1S/C24H26F2N6O/c1-13-4-5-15(10-27-13)29-23-28-11-19(24(3,25)26)22(31-23)17-7-9-20-16(17)6-8-21(30-20)18-12-33-32-14(18)2/h6-8,11-13,15,27H,4-5,9-10H2,1-3H3,(H,28,29,31)/t13-,15-/m1/s1. The first-order chi connectivity index (χ1) is 15.8. The molecule has 3 aromatic heterocycles. The molecule has 2 atom stereocenters. The van der Waals surface area contributed by atoms with Crippen molar-refractivity contribution in [3.63, 3.8) is 0 Å². The van der Waals surface area contributed by atoms with Crippen LogP contribution in [0.1, 0.15) is 54.9 Å². The van der Waals surface area contributed by atoms with Gasteiger partial charge in [0.1, 0.15) is 6.26 Å². The highest BCUT2D eigenvalue weighted by atomic mass is 19.3. The molecular formula is C24H26F2N6O. The molecule has 0 saturated carbocycles. The quantitative estimate of drug-likeness (QED) is 0.590. The third kappa shape index (κ3) is 4.25. The molecule has 0 aromatic carbocycles. The van der Waals surface area contributed by atoms with Gasteiger partial charge < -0.3 is 15.2 Å². The number of pyridine rings is 1. The molecule has 1 saturated heterocycles. The van der Waals surface area contributed by atoms with E-state index in [1.165, 1.54) is 6.20 Å². The van der Waals surface area contributed by atoms with E-state index < -0.39 is 5.92 Å². The molecule has 0 radical (unpaired) electrons. The fraction of sp³-hybridized carbons (Fsp3) is 0.417. The van der Waals surface area contributed by atoms with Gasteiger partial charge >= 0.3 is 0 Å². The van der Waals surface area contributed by atoms with Gasteiger partial charge in [0.05, 0.1) is 33.9 Å². The summed E-state index contributed by atoms with van der Waals surface area (Å²) >= 11 is 0. The van der Waals surface area contributed by atoms with Crippen molar-refractivity contribution < 1.29 is 13.3 Å². The van der Waals surface area contributed by atoms with Crippen LogP contribution in [0.5, 0.6) is 0 Å². The van der Waals surface area contributed by atoms with E-state index in [1.54, 1.807) is 6.26 Å². The SMILES string of the molecule is Cc1nocc1-c1ccc2c(n1)CC=C2c1nc(N[C@@H]2CC[C@@H](C)NC2)ncc1C(C)(F)F. The third-order valence-corrected chi connectivity index (χ3v) is 6.30. The maximum Gasteiger partial charge on any atom is 0.274 e. The summed E-state index contributed by atoms with van der Waals surface area (Å²) < 4.78 is 34.0. The Morgan fingerprint density at radius 2 is 2.03 bits per heavy atom. The molecule has 9 heteroatoms. The van der Waals surface area contributed by atoms with Gasteiger partial charge in [0, 0.05) is 49.3 Å². The first-order valence-corrected chi connectivity index (χ1v) is 11.2. The van der Waals surface area contributed by atoms with E-state index in [1.807, 2.05) is 25.1 Å². The lowest BCUT2D eigenvalue weighted by Crippen LogP contribution is -2.43. The van der Waals surface area contributed by atoms with E-state index in [-0.39, 0.29) is 17.3 Å². The van der Waals surface area contributed by atoms with Gasteiger partial charge in [-0.25, -0.2) is 18.7 Å². The Morgan fingerprint density at radius 1 is 1.18 bits per heavy atom. The van der Waals surface area contributed by atoms with E-state index in [4.69, 9.17) is 9.51 Å². The molecular weight excluding hydrogens is 426 g/mol. The summed E-state index contributed by atoms with van der Waals surface area (Å²) in [5.74, 6) is -2.72. The van der Waals surface area contributed by atoms with E-state index in [0.29, 0.717) is 24.0 Å². The lowest BCUT2D eigenvalue weighted by Gasteiger charge is -2.28. The average Bonchev–Trinajstić information content (AvgIpc) is 3.40. The third-order valence-electron chi connectivity index (χ3n) is 6.30. The molecule has 4 heterocycles. The van der Waals surface area contributed by atoms with Crippen LogP contribution in [0.2, 0.25) is 0 Å². The van der Waals surface area contributed by atoms with Crippen LogP contribution in [0.3, 0.4) is 0 Å². The highest BCUT2D eigenvalue weighted by Crippen LogP contribution is 2.39. The van der Waals surface area contributed by atoms with Crippen molar-refractivity contribution in [1.82, 2.24) is 25.4 Å². The van der Waals surface area contributed by atoms with Crippen LogP contribution in [0.25, 0.3) is 16.8 Å². The van der Waals surface area contributed by atoms with Gasteiger partial charge in [-0.05, 0) is 32.8 Å². The van der Waals surface area contributed by atoms with Crippen molar-refractivity contribution in [3.05, 3.63) is 58.9 Å². The Balaban J connectivity index is 1.49. The topological polar surface area (TPSA) is 88.8 Å². The Bertz CT molecular complexity index is 1210. The van der Waals surface area contributed by atoms with E-state index >= 15 is 0 Å². The number of anilines is 1. The molecule has 3 aromatic rings. The lowest BCUT2D eigenvalue weighted by molar-refractivity contribution is 0.0165. The predicted octanol–water partition coefficient (Wildman–Crippen LogP) is 4.49. The van der Waals surface area contributed by atoms with Crippen molar-refractivity contribution >= 4 is 11.5 Å². The summed E-state index contributed by atoms with van der Waals surface area (Å²) in [7, 11) is 0. The molecule has 2 N–H and O–H groups in total. The average molecular weight is 453 g/mol. The zero-order chi connectivity index (χ0) is 23.2. The van der Waals surface area contributed by atoms with Gasteiger partial charge in [-0.1, -0.05) is 17.3 Å². The predicted molar refractivity (Wildman–Crippen MR) is 121 cm³/mol. The monoisotopic (exact) mass is 452 g/mol. The van der Waals surface area contributed by atoms with Crippen LogP contribution in [-0.2, 0) is 12.3 Å². The summed E-state index contributed by atoms with van der Waals surface area (Å²) in [6.07, 6.45) is 7.26. The highest BCUT2D eigenvalue weighted by molar-refractivity contribution is 5.85. The maximum atomic E-state index is 14.5. The number of hydrogen-bond acceptors (Lipinski definition) is 7. The fourth-order valence-electron chi connectivity index (χ4n) is 4.41. The van der Waals surface area contributed by atoms with Crippen molar-refractivity contribution in [2.24, 2.45) is 0 Å². The van der Waals surface area contributed by atoms with Gasteiger partial charge in [0.2, 0.25) is 5.95 Å². The van der Waals surface area contributed by atoms with Crippen LogP contribution in [0, 0.1) is 6.92 Å². The van der Waals surface area contributed by atoms with Crippen molar-refractivity contribution in [3.8, 4) is 11.3 Å². The summed E-state index contributed by atoms with van der Waals surface area (Å²) in [5.41, 5.74) is 4.63. The number of hydrogen-bond donors (Lipinski definition) is 2. The minimum atomic E-state index is -3.08. The lowest BCUT2D eigenvalue weighted by atomic mass is 9.99. The molecule has 1 aliphatic heterocycles. The summed E-state index contributed by atoms with van der Waals surface area (Å²) in [6, 6.07) is 4.39. The molecule has 0 unspecified atom stereocenters. The second-order valence-corrected chi connectivity index (χ2v) is 8.90. The van der Waals surface area contributed by atoms with Crippen LogP contribution in [-0.4, -0.2) is 38.7 Å². The van der Waals surface area contributed by atoms with E-state index in [2.05, 4.69) is 32.7 Å². The zero-order valence-corrected chi connectivity index (χ0v) is 18.8. The zero-order valence-electron chi connectivity index (χ0n) is 18.8. The van der Waals surface area contributed by atoms with E-state index in [9.17, 15) is 8.78 Å². The largest absolute Gasteiger partial charge is 0.364 e. The number of aryl methyl sites for hydroxylation is 1. The fourth-order valence-corrected chi connectivity index (χ4v) is 4.41. The van der Waals surface area contributed by atoms with Gasteiger partial charge in [0.15, 0.2) is 0 Å². The number of fused-ring (bicyclic) bond motifs is 1. The number of rotatable bonds is 5. The number of nitrogens with one attached hydrogen (secondary N) is 2. The number of alkyl halides is 2. The minimum Gasteiger partial charge on any atom is -0.364 e. The number of halogens is 2. The number of piperidine rings is 1. The van der Waals surface area contributed by atoms with Crippen LogP contribution >= 0.6 is 0 Å². The second-order valence-electron chi connectivity index (χ2n) is 8.90. The molecule has 172 valence electrons. The van der Waals surface area contributed by atoms with Gasteiger partial charge in [-0.15, -0.1) is 0 Å². The van der Waals surface area contributed by atoms with Gasteiger partial charge in [-0.2, -0.15) is 0 Å². The minimum absolute atomic E-state index is 0.155. The number of allylic oxidation sites excluding steroid dienone is 1. The summed E-state index contributed by atoms with van der Waals surface area (Å²) in [4.78, 5) is 13.5. The first-order valence-electron chi connectivity index (χ1n) is 11.2. The molecule has 1 fully saturated rings. The Hall–Kier alpha value is -3.20. The molecule has 5 rings (SSSR count). The van der Waals surface area contributed by atoms with Crippen molar-refractivity contribution in [1.29, 1.82) is 0 Å². The first kappa shape index (κ1) is 21.6. The molecule has 1 aliphatic carbocycles. The maximum absolute atomic E-state index is 14.5.